The zero-order valence-corrected chi connectivity index (χ0v) is 16.2. The van der Waals surface area contributed by atoms with Crippen LogP contribution in [0.4, 0.5) is 5.69 Å². The molecule has 0 aliphatic carbocycles. The van der Waals surface area contributed by atoms with Crippen LogP contribution in [-0.4, -0.2) is 60.1 Å². The number of benzene rings is 2. The van der Waals surface area contributed by atoms with Crippen molar-refractivity contribution >= 4 is 34.2 Å². The highest BCUT2D eigenvalue weighted by Gasteiger charge is 2.36. The Morgan fingerprint density at radius 1 is 1.21 bits per heavy atom. The first kappa shape index (κ1) is 20.2. The van der Waals surface area contributed by atoms with E-state index in [4.69, 9.17) is 9.84 Å². The van der Waals surface area contributed by atoms with Crippen molar-refractivity contribution in [3.63, 3.8) is 0 Å². The van der Waals surface area contributed by atoms with Gasteiger partial charge < -0.3 is 24.7 Å². The summed E-state index contributed by atoms with van der Waals surface area (Å²) in [6, 6.07) is 11.2. The van der Waals surface area contributed by atoms with E-state index in [0.29, 0.717) is 11.4 Å². The number of likely N-dealkylation sites (N-methyl/N-ethyl adjacent to an activating group) is 1. The van der Waals surface area contributed by atoms with Crippen molar-refractivity contribution in [3.05, 3.63) is 47.7 Å². The minimum atomic E-state index is -0.965. The Labute approximate surface area is 167 Å². The van der Waals surface area contributed by atoms with Crippen LogP contribution in [0.15, 0.2) is 47.7 Å². The summed E-state index contributed by atoms with van der Waals surface area (Å²) >= 11 is 0. The van der Waals surface area contributed by atoms with Gasteiger partial charge in [-0.2, -0.15) is 0 Å². The first-order chi connectivity index (χ1) is 13.8. The van der Waals surface area contributed by atoms with Gasteiger partial charge in [-0.1, -0.05) is 30.3 Å². The standard InChI is InChI=1S/C21H22N2O6/c1-22(18-14-7-4-3-6-13(14)9-10-16(18)29-2)20(27)15-12-23(21(28)19(15)26)11-5-8-17(24)25/h3-4,6-7,9-10,26H,5,8,11-12H2,1-2H3,(H,24,25). The molecule has 2 amide bonds. The quantitative estimate of drug-likeness (QED) is 0.741. The molecule has 29 heavy (non-hydrogen) atoms. The lowest BCUT2D eigenvalue weighted by Gasteiger charge is -2.23. The van der Waals surface area contributed by atoms with Crippen molar-refractivity contribution in [2.75, 3.05) is 32.1 Å². The number of nitrogens with zero attached hydrogens (tertiary/aromatic N) is 2. The van der Waals surface area contributed by atoms with Gasteiger partial charge in [0.1, 0.15) is 5.75 Å². The third-order valence-corrected chi connectivity index (χ3v) is 4.92. The molecule has 0 unspecified atom stereocenters. The van der Waals surface area contributed by atoms with E-state index in [1.165, 1.54) is 16.9 Å². The Balaban J connectivity index is 1.88. The van der Waals surface area contributed by atoms with Crippen molar-refractivity contribution < 1.29 is 29.3 Å². The van der Waals surface area contributed by atoms with E-state index in [0.717, 1.165) is 10.8 Å². The second kappa shape index (κ2) is 8.22. The summed E-state index contributed by atoms with van der Waals surface area (Å²) in [6.45, 7) is 0.0772. The SMILES string of the molecule is COc1ccc2ccccc2c1N(C)C(=O)C1=C(O)C(=O)N(CCCC(=O)O)C1. The molecule has 0 atom stereocenters. The lowest BCUT2D eigenvalue weighted by atomic mass is 10.1. The first-order valence-electron chi connectivity index (χ1n) is 9.12. The molecule has 1 aliphatic rings. The zero-order valence-electron chi connectivity index (χ0n) is 16.2. The van der Waals surface area contributed by atoms with E-state index in [1.807, 2.05) is 30.3 Å². The Bertz CT molecular complexity index is 1010. The summed E-state index contributed by atoms with van der Waals surface area (Å²) in [5.74, 6) is -2.27. The number of carbonyl (C=O) groups excluding carboxylic acids is 2. The van der Waals surface area contributed by atoms with Crippen LogP contribution in [0.1, 0.15) is 12.8 Å². The van der Waals surface area contributed by atoms with Gasteiger partial charge in [-0.05, 0) is 17.9 Å². The van der Waals surface area contributed by atoms with Crippen LogP contribution in [0.2, 0.25) is 0 Å². The first-order valence-corrected chi connectivity index (χ1v) is 9.12. The molecule has 3 rings (SSSR count). The van der Waals surface area contributed by atoms with E-state index >= 15 is 0 Å². The Morgan fingerprint density at radius 3 is 2.62 bits per heavy atom. The minimum absolute atomic E-state index is 0.0252. The normalized spacial score (nSPS) is 13.9. The topological polar surface area (TPSA) is 107 Å². The number of carbonyl (C=O) groups is 3. The van der Waals surface area contributed by atoms with Crippen LogP contribution >= 0.6 is 0 Å². The number of methoxy groups -OCH3 is 1. The molecule has 1 aliphatic heterocycles. The van der Waals surface area contributed by atoms with E-state index in [-0.39, 0.29) is 31.5 Å². The van der Waals surface area contributed by atoms with E-state index in [1.54, 1.807) is 13.1 Å². The Hall–Kier alpha value is -3.55. The van der Waals surface area contributed by atoms with Crippen molar-refractivity contribution in [1.82, 2.24) is 4.90 Å². The van der Waals surface area contributed by atoms with Crippen molar-refractivity contribution in [1.29, 1.82) is 0 Å². The molecular weight excluding hydrogens is 376 g/mol. The molecule has 0 aromatic heterocycles. The summed E-state index contributed by atoms with van der Waals surface area (Å²) in [5, 5.41) is 20.7. The van der Waals surface area contributed by atoms with Gasteiger partial charge in [0.15, 0.2) is 5.76 Å². The van der Waals surface area contributed by atoms with Crippen molar-refractivity contribution in [3.8, 4) is 5.75 Å². The highest BCUT2D eigenvalue weighted by atomic mass is 16.5. The maximum absolute atomic E-state index is 13.1. The lowest BCUT2D eigenvalue weighted by Crippen LogP contribution is -2.32. The summed E-state index contributed by atoms with van der Waals surface area (Å²) in [7, 11) is 3.07. The summed E-state index contributed by atoms with van der Waals surface area (Å²) < 4.78 is 5.43. The van der Waals surface area contributed by atoms with Crippen LogP contribution in [0.25, 0.3) is 10.8 Å². The fraction of sp³-hybridized carbons (Fsp3) is 0.286. The number of carboxylic acids is 1. The summed E-state index contributed by atoms with van der Waals surface area (Å²) in [6.07, 6.45) is 0.143. The third kappa shape index (κ3) is 3.87. The molecule has 0 bridgehead atoms. The molecular formula is C21H22N2O6. The van der Waals surface area contributed by atoms with Gasteiger partial charge in [0.2, 0.25) is 0 Å². The van der Waals surface area contributed by atoms with Crippen LogP contribution in [-0.2, 0) is 14.4 Å². The number of carboxylic acid groups (broad SMARTS) is 1. The highest BCUT2D eigenvalue weighted by molar-refractivity contribution is 6.16. The largest absolute Gasteiger partial charge is 0.503 e. The average molecular weight is 398 g/mol. The molecule has 0 saturated carbocycles. The number of anilines is 1. The maximum atomic E-state index is 13.1. The van der Waals surface area contributed by atoms with Gasteiger partial charge in [-0.3, -0.25) is 14.4 Å². The number of hydrogen-bond donors (Lipinski definition) is 2. The van der Waals surface area contributed by atoms with Crippen LogP contribution < -0.4 is 9.64 Å². The number of ether oxygens (including phenoxy) is 1. The molecule has 1 heterocycles. The van der Waals surface area contributed by atoms with E-state index in [9.17, 15) is 19.5 Å². The number of hydrogen-bond acceptors (Lipinski definition) is 5. The maximum Gasteiger partial charge on any atom is 0.303 e. The second-order valence-electron chi connectivity index (χ2n) is 6.75. The van der Waals surface area contributed by atoms with Gasteiger partial charge in [-0.15, -0.1) is 0 Å². The van der Waals surface area contributed by atoms with Crippen molar-refractivity contribution in [2.45, 2.75) is 12.8 Å². The summed E-state index contributed by atoms with van der Waals surface area (Å²) in [5.41, 5.74) is 0.510. The molecule has 8 heteroatoms. The number of fused-ring (bicyclic) bond motifs is 1. The van der Waals surface area contributed by atoms with Gasteiger partial charge in [-0.25, -0.2) is 0 Å². The minimum Gasteiger partial charge on any atom is -0.503 e. The number of aliphatic hydroxyl groups is 1. The van der Waals surface area contributed by atoms with Gasteiger partial charge in [0.05, 0.1) is 24.9 Å². The Morgan fingerprint density at radius 2 is 1.93 bits per heavy atom. The second-order valence-corrected chi connectivity index (χ2v) is 6.75. The molecule has 8 nitrogen and oxygen atoms in total. The van der Waals surface area contributed by atoms with Gasteiger partial charge >= 0.3 is 5.97 Å². The summed E-state index contributed by atoms with van der Waals surface area (Å²) in [4.78, 5) is 38.7. The molecule has 0 saturated heterocycles. The molecule has 2 aromatic rings. The Kier molecular flexibility index (Phi) is 5.72. The molecule has 0 radical (unpaired) electrons. The predicted octanol–water partition coefficient (Wildman–Crippen LogP) is 2.33. The number of aliphatic hydroxyl groups excluding tert-OH is 1. The van der Waals surface area contributed by atoms with Gasteiger partial charge in [0, 0.05) is 25.4 Å². The molecule has 0 fully saturated rings. The smallest absolute Gasteiger partial charge is 0.303 e. The number of amides is 2. The molecule has 2 N–H and O–H groups in total. The fourth-order valence-electron chi connectivity index (χ4n) is 3.44. The average Bonchev–Trinajstić information content (AvgIpc) is 3.00. The molecule has 0 spiro atoms. The van der Waals surface area contributed by atoms with Crippen LogP contribution in [0.5, 0.6) is 5.75 Å². The third-order valence-electron chi connectivity index (χ3n) is 4.92. The van der Waals surface area contributed by atoms with Crippen molar-refractivity contribution in [2.24, 2.45) is 0 Å². The number of aliphatic carboxylic acids is 1. The van der Waals surface area contributed by atoms with Gasteiger partial charge in [0.25, 0.3) is 11.8 Å². The van der Waals surface area contributed by atoms with Crippen LogP contribution in [0, 0.1) is 0 Å². The molecule has 152 valence electrons. The zero-order chi connectivity index (χ0) is 21.1. The fourth-order valence-corrected chi connectivity index (χ4v) is 3.44. The molecule has 2 aromatic carbocycles. The monoisotopic (exact) mass is 398 g/mol. The lowest BCUT2D eigenvalue weighted by molar-refractivity contribution is -0.137. The predicted molar refractivity (Wildman–Crippen MR) is 107 cm³/mol. The van der Waals surface area contributed by atoms with E-state index in [2.05, 4.69) is 0 Å². The van der Waals surface area contributed by atoms with E-state index < -0.39 is 23.5 Å². The number of rotatable bonds is 7. The van der Waals surface area contributed by atoms with Crippen LogP contribution in [0.3, 0.4) is 0 Å². The highest BCUT2D eigenvalue weighted by Crippen LogP contribution is 2.36.